The van der Waals surface area contributed by atoms with Gasteiger partial charge in [-0.25, -0.2) is 0 Å². The molecule has 0 saturated heterocycles. The lowest BCUT2D eigenvalue weighted by atomic mass is 10.1. The first-order valence-corrected chi connectivity index (χ1v) is 7.23. The average Bonchev–Trinajstić information content (AvgIpc) is 2.41. The highest BCUT2D eigenvalue weighted by Gasteiger charge is 2.02. The Kier molecular flexibility index (Phi) is 13.5. The van der Waals surface area contributed by atoms with Crippen molar-refractivity contribution in [2.45, 2.75) is 51.4 Å². The van der Waals surface area contributed by atoms with E-state index in [1.165, 1.54) is 0 Å². The zero-order chi connectivity index (χ0) is 15.1. The number of unbranched alkanes of at least 4 members (excludes halogenated alkanes) is 5. The number of hydrogen-bond acceptors (Lipinski definition) is 5. The summed E-state index contributed by atoms with van der Waals surface area (Å²) in [5, 5.41) is 16.9. The Morgan fingerprint density at radius 1 is 0.800 bits per heavy atom. The zero-order valence-corrected chi connectivity index (χ0v) is 12.0. The molecule has 0 spiro atoms. The van der Waals surface area contributed by atoms with Gasteiger partial charge in [0.05, 0.1) is 19.8 Å². The molecule has 0 aromatic carbocycles. The second-order valence-corrected chi connectivity index (χ2v) is 4.57. The number of rotatable bonds is 14. The third kappa shape index (κ3) is 14.9. The minimum absolute atomic E-state index is 0.0274. The van der Waals surface area contributed by atoms with Gasteiger partial charge in [0, 0.05) is 12.8 Å². The van der Waals surface area contributed by atoms with Crippen molar-refractivity contribution in [3.8, 4) is 0 Å². The molecule has 0 saturated carbocycles. The maximum Gasteiger partial charge on any atom is 0.305 e. The fourth-order valence-corrected chi connectivity index (χ4v) is 1.71. The van der Waals surface area contributed by atoms with Crippen molar-refractivity contribution in [1.82, 2.24) is 0 Å². The summed E-state index contributed by atoms with van der Waals surface area (Å²) < 4.78 is 9.91. The number of carboxylic acid groups (broad SMARTS) is 1. The molecule has 6 heteroatoms. The van der Waals surface area contributed by atoms with E-state index < -0.39 is 5.97 Å². The fraction of sp³-hybridized carbons (Fsp3) is 0.857. The number of aliphatic hydroxyl groups excluding tert-OH is 1. The van der Waals surface area contributed by atoms with E-state index in [0.717, 1.165) is 38.5 Å². The molecule has 6 nitrogen and oxygen atoms in total. The van der Waals surface area contributed by atoms with E-state index in [1.807, 2.05) is 0 Å². The number of carbonyl (C=O) groups excluding carboxylic acids is 1. The molecule has 20 heavy (non-hydrogen) atoms. The summed E-state index contributed by atoms with van der Waals surface area (Å²) in [6.07, 6.45) is 6.10. The smallest absolute Gasteiger partial charge is 0.305 e. The van der Waals surface area contributed by atoms with Crippen LogP contribution in [0.4, 0.5) is 0 Å². The summed E-state index contributed by atoms with van der Waals surface area (Å²) in [6, 6.07) is 0. The van der Waals surface area contributed by atoms with E-state index in [0.29, 0.717) is 13.0 Å². The van der Waals surface area contributed by atoms with E-state index in [-0.39, 0.29) is 32.2 Å². The average molecular weight is 290 g/mol. The predicted octanol–water partition coefficient (Wildman–Crippen LogP) is 1.74. The van der Waals surface area contributed by atoms with E-state index in [1.54, 1.807) is 0 Å². The van der Waals surface area contributed by atoms with Crippen LogP contribution < -0.4 is 0 Å². The second kappa shape index (κ2) is 14.3. The summed E-state index contributed by atoms with van der Waals surface area (Å²) in [4.78, 5) is 21.6. The molecule has 0 aliphatic carbocycles. The maximum absolute atomic E-state index is 11.3. The molecule has 0 amide bonds. The van der Waals surface area contributed by atoms with Crippen LogP contribution in [0.1, 0.15) is 51.4 Å². The van der Waals surface area contributed by atoms with Gasteiger partial charge in [-0.3, -0.25) is 9.59 Å². The van der Waals surface area contributed by atoms with Crippen molar-refractivity contribution in [3.63, 3.8) is 0 Å². The second-order valence-electron chi connectivity index (χ2n) is 4.57. The Labute approximate surface area is 120 Å². The lowest BCUT2D eigenvalue weighted by Crippen LogP contribution is -2.11. The van der Waals surface area contributed by atoms with Gasteiger partial charge < -0.3 is 19.7 Å². The number of hydrogen-bond donors (Lipinski definition) is 2. The molecule has 0 aliphatic rings. The number of esters is 1. The number of carboxylic acids is 1. The fourth-order valence-electron chi connectivity index (χ4n) is 1.71. The maximum atomic E-state index is 11.3. The molecule has 118 valence electrons. The van der Waals surface area contributed by atoms with Gasteiger partial charge in [0.25, 0.3) is 0 Å². The Bertz CT molecular complexity index is 254. The summed E-state index contributed by atoms with van der Waals surface area (Å²) in [5.74, 6) is -0.959. The van der Waals surface area contributed by atoms with Gasteiger partial charge in [0.1, 0.15) is 6.61 Å². The van der Waals surface area contributed by atoms with Crippen molar-refractivity contribution in [2.75, 3.05) is 26.4 Å². The molecule has 0 aromatic rings. The molecule has 0 fully saturated rings. The molecule has 0 rings (SSSR count). The molecular formula is C14H26O6. The first kappa shape index (κ1) is 18.9. The quantitative estimate of drug-likeness (QED) is 0.374. The Hall–Kier alpha value is -1.14. The normalized spacial score (nSPS) is 10.4. The van der Waals surface area contributed by atoms with Crippen LogP contribution in [0, 0.1) is 0 Å². The van der Waals surface area contributed by atoms with E-state index in [2.05, 4.69) is 0 Å². The Morgan fingerprint density at radius 3 is 2.00 bits per heavy atom. The molecule has 0 unspecified atom stereocenters. The highest BCUT2D eigenvalue weighted by atomic mass is 16.6. The van der Waals surface area contributed by atoms with Gasteiger partial charge in [0.15, 0.2) is 0 Å². The van der Waals surface area contributed by atoms with Crippen molar-refractivity contribution in [1.29, 1.82) is 0 Å². The zero-order valence-electron chi connectivity index (χ0n) is 12.0. The molecule has 2 N–H and O–H groups in total. The van der Waals surface area contributed by atoms with Crippen LogP contribution in [0.2, 0.25) is 0 Å². The molecular weight excluding hydrogens is 264 g/mol. The molecule has 0 aliphatic heterocycles. The van der Waals surface area contributed by atoms with E-state index in [4.69, 9.17) is 19.7 Å². The summed E-state index contributed by atoms with van der Waals surface area (Å²) in [5.41, 5.74) is 0. The van der Waals surface area contributed by atoms with Crippen LogP contribution in [-0.4, -0.2) is 48.6 Å². The van der Waals surface area contributed by atoms with Crippen molar-refractivity contribution in [3.05, 3.63) is 0 Å². The standard InChI is InChI=1S/C14H26O6/c15-9-10-19-11-12-20-14(18)8-6-4-2-1-3-5-7-13(16)17/h15H,1-12H2,(H,16,17). The summed E-state index contributed by atoms with van der Waals surface area (Å²) in [7, 11) is 0. The van der Waals surface area contributed by atoms with Crippen molar-refractivity contribution < 1.29 is 29.3 Å². The van der Waals surface area contributed by atoms with Gasteiger partial charge in [0.2, 0.25) is 0 Å². The topological polar surface area (TPSA) is 93.1 Å². The number of aliphatic carboxylic acids is 1. The van der Waals surface area contributed by atoms with Gasteiger partial charge >= 0.3 is 11.9 Å². The largest absolute Gasteiger partial charge is 0.481 e. The molecule has 0 heterocycles. The van der Waals surface area contributed by atoms with E-state index >= 15 is 0 Å². The summed E-state index contributed by atoms with van der Waals surface area (Å²) in [6.45, 7) is 0.781. The van der Waals surface area contributed by atoms with Crippen molar-refractivity contribution >= 4 is 11.9 Å². The predicted molar refractivity (Wildman–Crippen MR) is 73.4 cm³/mol. The summed E-state index contributed by atoms with van der Waals surface area (Å²) >= 11 is 0. The molecule has 0 radical (unpaired) electrons. The van der Waals surface area contributed by atoms with Gasteiger partial charge in [-0.15, -0.1) is 0 Å². The first-order valence-electron chi connectivity index (χ1n) is 7.23. The lowest BCUT2D eigenvalue weighted by molar-refractivity contribution is -0.145. The molecule has 0 bridgehead atoms. The molecule has 0 aromatic heterocycles. The van der Waals surface area contributed by atoms with Gasteiger partial charge in [-0.05, 0) is 12.8 Å². The van der Waals surface area contributed by atoms with Crippen LogP contribution in [0.5, 0.6) is 0 Å². The highest BCUT2D eigenvalue weighted by Crippen LogP contribution is 2.09. The number of ether oxygens (including phenoxy) is 2. The Balaban J connectivity index is 3.17. The highest BCUT2D eigenvalue weighted by molar-refractivity contribution is 5.69. The van der Waals surface area contributed by atoms with E-state index in [9.17, 15) is 9.59 Å². The van der Waals surface area contributed by atoms with Crippen LogP contribution in [0.25, 0.3) is 0 Å². The monoisotopic (exact) mass is 290 g/mol. The third-order valence-electron chi connectivity index (χ3n) is 2.75. The minimum atomic E-state index is -0.740. The number of aliphatic hydroxyl groups is 1. The van der Waals surface area contributed by atoms with Crippen LogP contribution in [0.15, 0.2) is 0 Å². The van der Waals surface area contributed by atoms with Crippen molar-refractivity contribution in [2.24, 2.45) is 0 Å². The lowest BCUT2D eigenvalue weighted by Gasteiger charge is -2.05. The Morgan fingerprint density at radius 2 is 1.40 bits per heavy atom. The van der Waals surface area contributed by atoms with Crippen LogP contribution >= 0.6 is 0 Å². The molecule has 0 atom stereocenters. The number of carbonyl (C=O) groups is 2. The third-order valence-corrected chi connectivity index (χ3v) is 2.75. The first-order chi connectivity index (χ1) is 9.66. The van der Waals surface area contributed by atoms with Gasteiger partial charge in [-0.2, -0.15) is 0 Å². The minimum Gasteiger partial charge on any atom is -0.481 e. The van der Waals surface area contributed by atoms with Crippen LogP contribution in [-0.2, 0) is 19.1 Å². The van der Waals surface area contributed by atoms with Crippen LogP contribution in [0.3, 0.4) is 0 Å². The SMILES string of the molecule is O=C(O)CCCCCCCCC(=O)OCCOCCO. The van der Waals surface area contributed by atoms with Gasteiger partial charge in [-0.1, -0.05) is 25.7 Å².